The van der Waals surface area contributed by atoms with E-state index in [9.17, 15) is 22.8 Å². The van der Waals surface area contributed by atoms with Crippen molar-refractivity contribution in [3.63, 3.8) is 0 Å². The number of carbonyl (C=O) groups excluding carboxylic acids is 1. The van der Waals surface area contributed by atoms with Crippen LogP contribution in [0.3, 0.4) is 0 Å². The molecule has 1 rings (SSSR count). The third-order valence-corrected chi connectivity index (χ3v) is 1.84. The molecule has 0 atom stereocenters. The molecule has 0 aliphatic rings. The van der Waals surface area contributed by atoms with E-state index in [0.29, 0.717) is 0 Å². The Hall–Kier alpha value is -2.05. The van der Waals surface area contributed by atoms with Crippen LogP contribution in [0.1, 0.15) is 20.7 Å². The van der Waals surface area contributed by atoms with Crippen molar-refractivity contribution in [2.45, 2.75) is 6.18 Å². The Morgan fingerprint density at radius 3 is 2.00 bits per heavy atom. The van der Waals surface area contributed by atoms with Crippen LogP contribution in [0.4, 0.5) is 13.2 Å². The normalized spacial score (nSPS) is 11.0. The highest BCUT2D eigenvalue weighted by Crippen LogP contribution is 2.13. The second-order valence-corrected chi connectivity index (χ2v) is 3.18. The van der Waals surface area contributed by atoms with Crippen LogP contribution < -0.4 is 5.32 Å². The lowest BCUT2D eigenvalue weighted by Gasteiger charge is -2.08. The van der Waals surface area contributed by atoms with Crippen molar-refractivity contribution >= 4 is 11.9 Å². The average molecular weight is 247 g/mol. The standard InChI is InChI=1S/C10H8F3NO3/c11-10(12,13)5-14-8(15)6-1-3-7(4-2-6)9(16)17/h1-4H,5H2,(H,14,15)(H,16,17). The lowest BCUT2D eigenvalue weighted by Crippen LogP contribution is -2.33. The Kier molecular flexibility index (Phi) is 3.72. The minimum atomic E-state index is -4.48. The summed E-state index contributed by atoms with van der Waals surface area (Å²) in [5.41, 5.74) is -0.0726. The number of halogens is 3. The number of hydrogen-bond acceptors (Lipinski definition) is 2. The van der Waals surface area contributed by atoms with Crippen molar-refractivity contribution in [1.29, 1.82) is 0 Å². The van der Waals surface area contributed by atoms with Crippen molar-refractivity contribution in [2.24, 2.45) is 0 Å². The van der Waals surface area contributed by atoms with E-state index in [1.165, 1.54) is 0 Å². The summed E-state index contributed by atoms with van der Waals surface area (Å²) in [7, 11) is 0. The van der Waals surface area contributed by atoms with E-state index in [4.69, 9.17) is 5.11 Å². The maximum absolute atomic E-state index is 11.8. The molecule has 0 aliphatic carbocycles. The van der Waals surface area contributed by atoms with Crippen LogP contribution in [0.2, 0.25) is 0 Å². The van der Waals surface area contributed by atoms with Gasteiger partial charge >= 0.3 is 12.1 Å². The molecule has 0 bridgehead atoms. The third kappa shape index (κ3) is 4.13. The summed E-state index contributed by atoms with van der Waals surface area (Å²) < 4.78 is 35.4. The lowest BCUT2D eigenvalue weighted by atomic mass is 10.1. The maximum atomic E-state index is 11.8. The zero-order valence-corrected chi connectivity index (χ0v) is 8.41. The zero-order chi connectivity index (χ0) is 13.1. The number of rotatable bonds is 3. The van der Waals surface area contributed by atoms with E-state index < -0.39 is 24.6 Å². The minimum absolute atomic E-state index is 0.0285. The predicted molar refractivity (Wildman–Crippen MR) is 51.8 cm³/mol. The van der Waals surface area contributed by atoms with Crippen LogP contribution in [0.15, 0.2) is 24.3 Å². The van der Waals surface area contributed by atoms with Gasteiger partial charge < -0.3 is 10.4 Å². The monoisotopic (exact) mass is 247 g/mol. The summed E-state index contributed by atoms with van der Waals surface area (Å²) in [6, 6.07) is 4.58. The quantitative estimate of drug-likeness (QED) is 0.853. The van der Waals surface area contributed by atoms with Gasteiger partial charge in [-0.15, -0.1) is 0 Å². The molecule has 0 fully saturated rings. The Labute approximate surface area is 94.1 Å². The fourth-order valence-electron chi connectivity index (χ4n) is 1.05. The first-order valence-electron chi connectivity index (χ1n) is 4.48. The van der Waals surface area contributed by atoms with Crippen molar-refractivity contribution in [3.05, 3.63) is 35.4 Å². The fourth-order valence-corrected chi connectivity index (χ4v) is 1.05. The Morgan fingerprint density at radius 2 is 1.59 bits per heavy atom. The Morgan fingerprint density at radius 1 is 1.12 bits per heavy atom. The van der Waals surface area contributed by atoms with Crippen LogP contribution in [0.25, 0.3) is 0 Å². The number of carbonyl (C=O) groups is 2. The first-order chi connectivity index (χ1) is 7.79. The molecule has 7 heteroatoms. The van der Waals surface area contributed by atoms with Gasteiger partial charge in [-0.2, -0.15) is 13.2 Å². The lowest BCUT2D eigenvalue weighted by molar-refractivity contribution is -0.123. The van der Waals surface area contributed by atoms with Gasteiger partial charge in [0.2, 0.25) is 0 Å². The second kappa shape index (κ2) is 4.86. The number of carboxylic acids is 1. The third-order valence-electron chi connectivity index (χ3n) is 1.84. The first-order valence-corrected chi connectivity index (χ1v) is 4.48. The van der Waals surface area contributed by atoms with Gasteiger partial charge in [0, 0.05) is 5.56 Å². The molecule has 1 aromatic rings. The molecule has 0 saturated heterocycles. The second-order valence-electron chi connectivity index (χ2n) is 3.18. The Balaban J connectivity index is 2.67. The number of alkyl halides is 3. The Bertz CT molecular complexity index is 425. The topological polar surface area (TPSA) is 66.4 Å². The SMILES string of the molecule is O=C(O)c1ccc(C(=O)NCC(F)(F)F)cc1. The van der Waals surface area contributed by atoms with Crippen LogP contribution in [0, 0.1) is 0 Å². The van der Waals surface area contributed by atoms with Crippen molar-refractivity contribution < 1.29 is 27.9 Å². The van der Waals surface area contributed by atoms with Gasteiger partial charge in [-0.05, 0) is 24.3 Å². The highest BCUT2D eigenvalue weighted by molar-refractivity contribution is 5.95. The molecule has 0 aromatic heterocycles. The van der Waals surface area contributed by atoms with Crippen molar-refractivity contribution in [1.82, 2.24) is 5.32 Å². The molecule has 2 N–H and O–H groups in total. The van der Waals surface area contributed by atoms with Crippen LogP contribution in [0.5, 0.6) is 0 Å². The van der Waals surface area contributed by atoms with E-state index in [0.717, 1.165) is 24.3 Å². The van der Waals surface area contributed by atoms with Crippen molar-refractivity contribution in [2.75, 3.05) is 6.54 Å². The molecule has 1 amide bonds. The van der Waals surface area contributed by atoms with Gasteiger partial charge in [-0.1, -0.05) is 0 Å². The van der Waals surface area contributed by atoms with Crippen LogP contribution in [-0.2, 0) is 0 Å². The first kappa shape index (κ1) is 13.0. The van der Waals surface area contributed by atoms with Gasteiger partial charge in [0.1, 0.15) is 6.54 Å². The van der Waals surface area contributed by atoms with Crippen molar-refractivity contribution in [3.8, 4) is 0 Å². The van der Waals surface area contributed by atoms with E-state index in [-0.39, 0.29) is 11.1 Å². The average Bonchev–Trinajstić information content (AvgIpc) is 2.25. The summed E-state index contributed by atoms with van der Waals surface area (Å²) in [6.07, 6.45) is -4.48. The summed E-state index contributed by atoms with van der Waals surface area (Å²) in [4.78, 5) is 21.7. The van der Waals surface area contributed by atoms with E-state index in [1.807, 2.05) is 0 Å². The molecule has 0 radical (unpaired) electrons. The van der Waals surface area contributed by atoms with E-state index >= 15 is 0 Å². The molecular formula is C10H8F3NO3. The molecule has 0 spiro atoms. The molecular weight excluding hydrogens is 239 g/mol. The number of hydrogen-bond donors (Lipinski definition) is 2. The number of aromatic carboxylic acids is 1. The summed E-state index contributed by atoms with van der Waals surface area (Å²) >= 11 is 0. The molecule has 4 nitrogen and oxygen atoms in total. The number of carboxylic acid groups (broad SMARTS) is 1. The summed E-state index contributed by atoms with van der Waals surface area (Å²) in [5.74, 6) is -2.08. The van der Waals surface area contributed by atoms with Crippen LogP contribution in [-0.4, -0.2) is 29.7 Å². The minimum Gasteiger partial charge on any atom is -0.478 e. The van der Waals surface area contributed by atoms with Crippen LogP contribution >= 0.6 is 0 Å². The highest BCUT2D eigenvalue weighted by atomic mass is 19.4. The molecule has 0 saturated carbocycles. The maximum Gasteiger partial charge on any atom is 0.405 e. The molecule has 17 heavy (non-hydrogen) atoms. The van der Waals surface area contributed by atoms with E-state index in [1.54, 1.807) is 5.32 Å². The predicted octanol–water partition coefficient (Wildman–Crippen LogP) is 1.68. The zero-order valence-electron chi connectivity index (χ0n) is 8.41. The molecule has 92 valence electrons. The fraction of sp³-hybridized carbons (Fsp3) is 0.200. The molecule has 0 heterocycles. The number of benzene rings is 1. The molecule has 0 unspecified atom stereocenters. The summed E-state index contributed by atoms with van der Waals surface area (Å²) in [5, 5.41) is 10.3. The highest BCUT2D eigenvalue weighted by Gasteiger charge is 2.27. The van der Waals surface area contributed by atoms with Gasteiger partial charge in [-0.25, -0.2) is 4.79 Å². The molecule has 0 aliphatic heterocycles. The van der Waals surface area contributed by atoms with Gasteiger partial charge in [0.15, 0.2) is 0 Å². The van der Waals surface area contributed by atoms with E-state index in [2.05, 4.69) is 0 Å². The number of amides is 1. The summed E-state index contributed by atoms with van der Waals surface area (Å²) in [6.45, 7) is -1.42. The van der Waals surface area contributed by atoms with Gasteiger partial charge in [0.05, 0.1) is 5.56 Å². The smallest absolute Gasteiger partial charge is 0.405 e. The number of nitrogens with one attached hydrogen (secondary N) is 1. The largest absolute Gasteiger partial charge is 0.478 e. The van der Waals surface area contributed by atoms with Gasteiger partial charge in [-0.3, -0.25) is 4.79 Å². The molecule has 1 aromatic carbocycles. The van der Waals surface area contributed by atoms with Gasteiger partial charge in [0.25, 0.3) is 5.91 Å².